The number of nitriles is 1. The Bertz CT molecular complexity index is 1440. The summed E-state index contributed by atoms with van der Waals surface area (Å²) >= 11 is 0. The molecule has 3 aromatic carbocycles. The molecule has 2 fully saturated rings. The normalized spacial score (nSPS) is 22.5. The van der Waals surface area contributed by atoms with E-state index >= 15 is 0 Å². The molecule has 3 aromatic rings. The number of ether oxygens (including phenoxy) is 6. The molecule has 0 saturated carbocycles. The molecule has 5 rings (SSSR count). The van der Waals surface area contributed by atoms with Gasteiger partial charge in [0.15, 0.2) is 6.29 Å². The summed E-state index contributed by atoms with van der Waals surface area (Å²) in [5.41, 5.74) is 1.45. The highest BCUT2D eigenvalue weighted by Gasteiger charge is 2.48. The molecule has 2 aliphatic heterocycles. The number of phosphoric ester groups is 1. The minimum atomic E-state index is -4.12. The SMILES string of the molecule is CCOP(=O)(OCCC#N)O[C@H]1[C@@H](OC2CCCCO2)CO[C@@H]1COC(c1ccccc1)(c1ccc(OC)cc1)c1ccc(OC)cc1. The summed E-state index contributed by atoms with van der Waals surface area (Å²) in [6.45, 7) is 2.39. The van der Waals surface area contributed by atoms with Gasteiger partial charge in [-0.25, -0.2) is 4.57 Å². The van der Waals surface area contributed by atoms with E-state index in [9.17, 15) is 4.57 Å². The van der Waals surface area contributed by atoms with Crippen molar-refractivity contribution in [3.63, 3.8) is 0 Å². The zero-order valence-corrected chi connectivity index (χ0v) is 28.6. The first-order chi connectivity index (χ1) is 23.4. The number of nitrogens with zero attached hydrogens (tertiary/aromatic N) is 1. The number of rotatable bonds is 17. The molecule has 2 saturated heterocycles. The number of hydrogen-bond donors (Lipinski definition) is 0. The third-order valence-electron chi connectivity index (χ3n) is 8.31. The third kappa shape index (κ3) is 8.64. The number of hydrogen-bond acceptors (Lipinski definition) is 11. The highest BCUT2D eigenvalue weighted by atomic mass is 31.2. The van der Waals surface area contributed by atoms with Crippen LogP contribution in [0.15, 0.2) is 78.9 Å². The summed E-state index contributed by atoms with van der Waals surface area (Å²) in [5, 5.41) is 9.04. The van der Waals surface area contributed by atoms with E-state index in [-0.39, 0.29) is 32.8 Å². The van der Waals surface area contributed by atoms with E-state index in [0.717, 1.165) is 36.0 Å². The molecule has 258 valence electrons. The quantitative estimate of drug-likeness (QED) is 0.0851. The second kappa shape index (κ2) is 17.4. The zero-order valence-electron chi connectivity index (χ0n) is 27.7. The van der Waals surface area contributed by atoms with Gasteiger partial charge < -0.3 is 28.4 Å². The van der Waals surface area contributed by atoms with Crippen LogP contribution in [0.2, 0.25) is 0 Å². The van der Waals surface area contributed by atoms with Gasteiger partial charge in [-0.15, -0.1) is 0 Å². The first kappa shape index (κ1) is 36.0. The van der Waals surface area contributed by atoms with Crippen LogP contribution in [-0.4, -0.2) is 71.9 Å². The smallest absolute Gasteiger partial charge is 0.475 e. The first-order valence-corrected chi connectivity index (χ1v) is 17.7. The van der Waals surface area contributed by atoms with Crippen molar-refractivity contribution in [3.05, 3.63) is 95.6 Å². The Morgan fingerprint density at radius 2 is 1.52 bits per heavy atom. The van der Waals surface area contributed by atoms with Crippen LogP contribution in [0.1, 0.15) is 49.3 Å². The van der Waals surface area contributed by atoms with Gasteiger partial charge in [0, 0.05) is 6.61 Å². The summed E-state index contributed by atoms with van der Waals surface area (Å²) in [7, 11) is -0.871. The molecule has 0 radical (unpaired) electrons. The van der Waals surface area contributed by atoms with E-state index in [4.69, 9.17) is 47.3 Å². The van der Waals surface area contributed by atoms with Gasteiger partial charge >= 0.3 is 7.82 Å². The number of methoxy groups -OCH3 is 2. The van der Waals surface area contributed by atoms with Gasteiger partial charge in [-0.05, 0) is 67.1 Å². The molecule has 12 heteroatoms. The van der Waals surface area contributed by atoms with Crippen LogP contribution in [-0.2, 0) is 42.7 Å². The van der Waals surface area contributed by atoms with Crippen molar-refractivity contribution in [1.29, 1.82) is 5.26 Å². The molecule has 48 heavy (non-hydrogen) atoms. The van der Waals surface area contributed by atoms with Crippen LogP contribution in [0.4, 0.5) is 0 Å². The van der Waals surface area contributed by atoms with Crippen molar-refractivity contribution in [1.82, 2.24) is 0 Å². The average molecular weight is 682 g/mol. The lowest BCUT2D eigenvalue weighted by atomic mass is 9.80. The fourth-order valence-electron chi connectivity index (χ4n) is 5.95. The van der Waals surface area contributed by atoms with Crippen LogP contribution < -0.4 is 9.47 Å². The molecule has 2 heterocycles. The molecule has 0 aliphatic carbocycles. The summed E-state index contributed by atoms with van der Waals surface area (Å²) in [6, 6.07) is 27.3. The van der Waals surface area contributed by atoms with Crippen molar-refractivity contribution in [2.75, 3.05) is 47.3 Å². The lowest BCUT2D eigenvalue weighted by Gasteiger charge is -2.37. The lowest BCUT2D eigenvalue weighted by Crippen LogP contribution is -2.42. The molecule has 0 amide bonds. The molecule has 5 atom stereocenters. The van der Waals surface area contributed by atoms with Crippen LogP contribution in [0.5, 0.6) is 11.5 Å². The van der Waals surface area contributed by atoms with Crippen molar-refractivity contribution in [2.24, 2.45) is 0 Å². The Hall–Kier alpha value is -3.30. The summed E-state index contributed by atoms with van der Waals surface area (Å²) < 4.78 is 67.6. The molecule has 2 unspecified atom stereocenters. The predicted octanol–water partition coefficient (Wildman–Crippen LogP) is 6.78. The summed E-state index contributed by atoms with van der Waals surface area (Å²) in [5.74, 6) is 1.41. The maximum absolute atomic E-state index is 13.8. The molecule has 0 bridgehead atoms. The van der Waals surface area contributed by atoms with Gasteiger partial charge in [-0.3, -0.25) is 13.6 Å². The topological polar surface area (TPSA) is 124 Å². The molecular formula is C36H44NO10P. The average Bonchev–Trinajstić information content (AvgIpc) is 3.49. The highest BCUT2D eigenvalue weighted by molar-refractivity contribution is 7.48. The second-order valence-corrected chi connectivity index (χ2v) is 13.0. The van der Waals surface area contributed by atoms with Crippen molar-refractivity contribution in [2.45, 2.75) is 62.8 Å². The Morgan fingerprint density at radius 1 is 0.875 bits per heavy atom. The summed E-state index contributed by atoms with van der Waals surface area (Å²) in [4.78, 5) is 0. The Balaban J connectivity index is 1.52. The third-order valence-corrected chi connectivity index (χ3v) is 9.89. The maximum atomic E-state index is 13.8. The molecule has 11 nitrogen and oxygen atoms in total. The fraction of sp³-hybridized carbons (Fsp3) is 0.472. The van der Waals surface area contributed by atoms with Gasteiger partial charge in [-0.1, -0.05) is 54.6 Å². The van der Waals surface area contributed by atoms with E-state index in [1.165, 1.54) is 0 Å². The summed E-state index contributed by atoms with van der Waals surface area (Å²) in [6.07, 6.45) is -0.0852. The van der Waals surface area contributed by atoms with Gasteiger partial charge in [0.1, 0.15) is 35.4 Å². The van der Waals surface area contributed by atoms with Crippen molar-refractivity contribution < 1.29 is 46.6 Å². The van der Waals surface area contributed by atoms with Gasteiger partial charge in [0.25, 0.3) is 0 Å². The largest absolute Gasteiger partial charge is 0.497 e. The van der Waals surface area contributed by atoms with Crippen molar-refractivity contribution >= 4 is 7.82 Å². The Kier molecular flexibility index (Phi) is 13.0. The molecular weight excluding hydrogens is 637 g/mol. The van der Waals surface area contributed by atoms with Gasteiger partial charge in [-0.2, -0.15) is 5.26 Å². The number of phosphoric acid groups is 1. The van der Waals surface area contributed by atoms with Gasteiger partial charge in [0.2, 0.25) is 0 Å². The zero-order chi connectivity index (χ0) is 33.8. The van der Waals surface area contributed by atoms with E-state index in [1.54, 1.807) is 21.1 Å². The fourth-order valence-corrected chi connectivity index (χ4v) is 7.34. The van der Waals surface area contributed by atoms with Crippen LogP contribution in [0.3, 0.4) is 0 Å². The number of benzene rings is 3. The lowest BCUT2D eigenvalue weighted by molar-refractivity contribution is -0.199. The maximum Gasteiger partial charge on any atom is 0.475 e. The van der Waals surface area contributed by atoms with Crippen LogP contribution >= 0.6 is 7.82 Å². The highest BCUT2D eigenvalue weighted by Crippen LogP contribution is 2.53. The van der Waals surface area contributed by atoms with E-state index < -0.39 is 38.0 Å². The van der Waals surface area contributed by atoms with Crippen LogP contribution in [0.25, 0.3) is 0 Å². The van der Waals surface area contributed by atoms with Crippen LogP contribution in [0, 0.1) is 11.3 Å². The second-order valence-electron chi connectivity index (χ2n) is 11.3. The van der Waals surface area contributed by atoms with Gasteiger partial charge in [0.05, 0.1) is 53.1 Å². The monoisotopic (exact) mass is 681 g/mol. The predicted molar refractivity (Wildman–Crippen MR) is 177 cm³/mol. The minimum absolute atomic E-state index is 0.00727. The minimum Gasteiger partial charge on any atom is -0.497 e. The molecule has 0 spiro atoms. The molecule has 2 aliphatic rings. The Labute approximate surface area is 282 Å². The molecule has 0 aromatic heterocycles. The van der Waals surface area contributed by atoms with E-state index in [1.807, 2.05) is 84.9 Å². The van der Waals surface area contributed by atoms with E-state index in [2.05, 4.69) is 0 Å². The molecule has 0 N–H and O–H groups in total. The van der Waals surface area contributed by atoms with Crippen molar-refractivity contribution in [3.8, 4) is 17.6 Å². The van der Waals surface area contributed by atoms with E-state index in [0.29, 0.717) is 18.1 Å². The first-order valence-electron chi connectivity index (χ1n) is 16.3. The Morgan fingerprint density at radius 3 is 2.08 bits per heavy atom. The standard InChI is InChI=1S/C36H44NO10P/c1-4-44-48(38,45-24-10-22-37)47-35-32(42-25-33(35)46-34-13-8-9-23-41-34)26-43-36(27-11-6-5-7-12-27,28-14-18-30(39-2)19-15-28)29-16-20-31(40-3)21-17-29/h5-7,11-12,14-21,32-35H,4,8-10,13,23-26H2,1-3H3/t32-,33+,34?,35-,48?/m1/s1.